The Morgan fingerprint density at radius 1 is 1.27 bits per heavy atom. The molecule has 0 spiro atoms. The smallest absolute Gasteiger partial charge is 0.334 e. The number of ether oxygens (including phenoxy) is 1. The number of carbonyl (C=O) groups excluding carboxylic acids is 1. The van der Waals surface area contributed by atoms with Gasteiger partial charge in [0.25, 0.3) is 0 Å². The van der Waals surface area contributed by atoms with Crippen LogP contribution in [0.1, 0.15) is 30.6 Å². The average Bonchev–Trinajstić information content (AvgIpc) is 3.20. The Morgan fingerprint density at radius 3 is 2.23 bits per heavy atom. The lowest BCUT2D eigenvalue weighted by Crippen LogP contribution is -2.41. The van der Waals surface area contributed by atoms with Crippen LogP contribution in [0, 0.1) is 10.1 Å². The lowest BCUT2D eigenvalue weighted by molar-refractivity contribution is -0.527. The van der Waals surface area contributed by atoms with E-state index in [1.54, 1.807) is 13.8 Å². The molecule has 0 aliphatic heterocycles. The van der Waals surface area contributed by atoms with E-state index < -0.39 is 42.1 Å². The highest BCUT2D eigenvalue weighted by molar-refractivity contribution is 7.54. The van der Waals surface area contributed by atoms with E-state index in [2.05, 4.69) is 0 Å². The minimum Gasteiger partial charge on any atom is -0.497 e. The quantitative estimate of drug-likeness (QED) is 0.262. The molecule has 1 fully saturated rings. The average molecular weight is 389 g/mol. The summed E-state index contributed by atoms with van der Waals surface area (Å²) in [7, 11) is -2.46. The van der Waals surface area contributed by atoms with E-state index in [9.17, 15) is 19.5 Å². The van der Waals surface area contributed by atoms with E-state index in [4.69, 9.17) is 13.8 Å². The predicted molar refractivity (Wildman–Crippen MR) is 91.2 cm³/mol. The summed E-state index contributed by atoms with van der Waals surface area (Å²) in [5, 5.41) is 11.6. The van der Waals surface area contributed by atoms with Gasteiger partial charge in [0.05, 0.1) is 32.9 Å². The van der Waals surface area contributed by atoms with Crippen LogP contribution in [-0.2, 0) is 13.6 Å². The number of rotatable bonds is 10. The van der Waals surface area contributed by atoms with Crippen molar-refractivity contribution in [2.45, 2.75) is 31.5 Å². The number of benzene rings is 1. The molecule has 1 aromatic carbocycles. The van der Waals surface area contributed by atoms with Crippen molar-refractivity contribution < 1.29 is 32.5 Å². The number of alkyl halides is 1. The van der Waals surface area contributed by atoms with Crippen molar-refractivity contribution >= 4 is 13.4 Å². The summed E-state index contributed by atoms with van der Waals surface area (Å²) in [6.07, 6.45) is -1.52. The van der Waals surface area contributed by atoms with Crippen LogP contribution in [0.5, 0.6) is 5.75 Å². The van der Waals surface area contributed by atoms with Crippen LogP contribution < -0.4 is 4.74 Å². The van der Waals surface area contributed by atoms with Gasteiger partial charge in [0.1, 0.15) is 5.75 Å². The van der Waals surface area contributed by atoms with Gasteiger partial charge < -0.3 is 13.8 Å². The molecule has 0 bridgehead atoms. The zero-order valence-electron chi connectivity index (χ0n) is 14.8. The first kappa shape index (κ1) is 20.5. The fraction of sp³-hybridized carbons (Fsp3) is 0.562. The molecule has 0 saturated heterocycles. The monoisotopic (exact) mass is 389 g/mol. The Bertz CT molecular complexity index is 731. The highest BCUT2D eigenvalue weighted by Crippen LogP contribution is 2.64. The van der Waals surface area contributed by atoms with Crippen LogP contribution in [-0.4, -0.2) is 48.4 Å². The minimum absolute atomic E-state index is 0.00868. The maximum atomic E-state index is 15.3. The van der Waals surface area contributed by atoms with Crippen molar-refractivity contribution in [3.8, 4) is 5.75 Å². The van der Waals surface area contributed by atoms with E-state index in [0.29, 0.717) is 5.75 Å². The van der Waals surface area contributed by atoms with E-state index in [1.165, 1.54) is 31.4 Å². The summed E-state index contributed by atoms with van der Waals surface area (Å²) in [6.45, 7) is 3.08. The van der Waals surface area contributed by atoms with Crippen molar-refractivity contribution in [1.29, 1.82) is 0 Å². The fourth-order valence-corrected chi connectivity index (χ4v) is 4.98. The molecule has 1 saturated carbocycles. The zero-order chi connectivity index (χ0) is 19.6. The van der Waals surface area contributed by atoms with Crippen molar-refractivity contribution in [3.63, 3.8) is 0 Å². The third kappa shape index (κ3) is 3.51. The number of nitro groups is 1. The first-order valence-electron chi connectivity index (χ1n) is 8.08. The minimum atomic E-state index is -3.89. The van der Waals surface area contributed by atoms with Gasteiger partial charge in [-0.25, -0.2) is 4.39 Å². The van der Waals surface area contributed by atoms with Crippen molar-refractivity contribution in [3.05, 3.63) is 39.9 Å². The van der Waals surface area contributed by atoms with Gasteiger partial charge in [-0.1, -0.05) is 0 Å². The molecule has 0 heterocycles. The molecule has 0 radical (unpaired) electrons. The molecule has 0 aromatic heterocycles. The standard InChI is InChI=1S/C16H21FNO7P/c1-4-24-26(22,25-5-2)11-15(17)10-16(15,18(20)21)14(19)12-6-8-13(23-3)9-7-12/h6-9H,4-5,10-11H2,1-3H3. The SMILES string of the molecule is CCOP(=O)(CC1(F)CC1(C(=O)c1ccc(OC)cc1)[N+](=O)[O-])OCC. The lowest BCUT2D eigenvalue weighted by Gasteiger charge is -2.20. The third-order valence-corrected chi connectivity index (χ3v) is 6.48. The van der Waals surface area contributed by atoms with Gasteiger partial charge in [-0.15, -0.1) is 0 Å². The molecule has 0 N–H and O–H groups in total. The number of ketones is 1. The van der Waals surface area contributed by atoms with Crippen LogP contribution in [0.25, 0.3) is 0 Å². The molecular formula is C16H21FNO7P. The van der Waals surface area contributed by atoms with Gasteiger partial charge >= 0.3 is 13.1 Å². The Balaban J connectivity index is 2.32. The van der Waals surface area contributed by atoms with Crippen molar-refractivity contribution in [2.24, 2.45) is 0 Å². The van der Waals surface area contributed by atoms with E-state index in [-0.39, 0.29) is 18.8 Å². The first-order valence-corrected chi connectivity index (χ1v) is 9.81. The third-order valence-electron chi connectivity index (χ3n) is 4.29. The van der Waals surface area contributed by atoms with Gasteiger partial charge in [0.15, 0.2) is 0 Å². The number of carbonyl (C=O) groups is 1. The number of hydrogen-bond acceptors (Lipinski definition) is 7. The second-order valence-corrected chi connectivity index (χ2v) is 7.98. The van der Waals surface area contributed by atoms with Crippen LogP contribution in [0.2, 0.25) is 0 Å². The van der Waals surface area contributed by atoms with E-state index >= 15 is 4.39 Å². The van der Waals surface area contributed by atoms with Gasteiger partial charge in [0.2, 0.25) is 11.5 Å². The number of Topliss-reactive ketones (excluding diaryl/α,β-unsaturated/α-hetero) is 1. The highest BCUT2D eigenvalue weighted by atomic mass is 31.2. The number of nitrogens with zero attached hydrogens (tertiary/aromatic N) is 1. The zero-order valence-corrected chi connectivity index (χ0v) is 15.7. The summed E-state index contributed by atoms with van der Waals surface area (Å²) < 4.78 is 42.9. The molecule has 8 nitrogen and oxygen atoms in total. The molecule has 1 aliphatic rings. The molecule has 2 atom stereocenters. The number of hydrogen-bond donors (Lipinski definition) is 0. The molecule has 2 unspecified atom stereocenters. The van der Waals surface area contributed by atoms with Crippen molar-refractivity contribution in [1.82, 2.24) is 0 Å². The predicted octanol–water partition coefficient (Wildman–Crippen LogP) is 3.27. The lowest BCUT2D eigenvalue weighted by atomic mass is 10.0. The molecule has 144 valence electrons. The van der Waals surface area contributed by atoms with Crippen LogP contribution in [0.4, 0.5) is 4.39 Å². The van der Waals surface area contributed by atoms with Gasteiger partial charge in [-0.2, -0.15) is 0 Å². The molecule has 10 heteroatoms. The molecule has 2 rings (SSSR count). The second kappa shape index (κ2) is 7.42. The summed E-state index contributed by atoms with van der Waals surface area (Å²) >= 11 is 0. The summed E-state index contributed by atoms with van der Waals surface area (Å²) in [5.41, 5.74) is -5.12. The van der Waals surface area contributed by atoms with Gasteiger partial charge in [0, 0.05) is 10.5 Å². The Hall–Kier alpha value is -1.83. The Labute approximate surface area is 150 Å². The first-order chi connectivity index (χ1) is 12.2. The second-order valence-electron chi connectivity index (χ2n) is 5.92. The van der Waals surface area contributed by atoms with E-state index in [1.807, 2.05) is 0 Å². The summed E-state index contributed by atoms with van der Waals surface area (Å²) in [5.74, 6) is -0.525. The van der Waals surface area contributed by atoms with Gasteiger partial charge in [-0.3, -0.25) is 19.5 Å². The number of halogens is 1. The molecule has 1 aromatic rings. The number of methoxy groups -OCH3 is 1. The van der Waals surface area contributed by atoms with Crippen molar-refractivity contribution in [2.75, 3.05) is 26.5 Å². The van der Waals surface area contributed by atoms with Crippen LogP contribution in [0.15, 0.2) is 24.3 Å². The highest BCUT2D eigenvalue weighted by Gasteiger charge is 2.85. The molecule has 0 amide bonds. The maximum Gasteiger partial charge on any atom is 0.334 e. The van der Waals surface area contributed by atoms with Crippen LogP contribution in [0.3, 0.4) is 0 Å². The maximum absolute atomic E-state index is 15.3. The van der Waals surface area contributed by atoms with Crippen LogP contribution >= 0.6 is 7.60 Å². The van der Waals surface area contributed by atoms with Gasteiger partial charge in [-0.05, 0) is 38.1 Å². The summed E-state index contributed by atoms with van der Waals surface area (Å²) in [6, 6.07) is 5.56. The van der Waals surface area contributed by atoms with E-state index in [0.717, 1.165) is 0 Å². The Kier molecular flexibility index (Phi) is 5.85. The molecular weight excluding hydrogens is 368 g/mol. The largest absolute Gasteiger partial charge is 0.497 e. The molecule has 1 aliphatic carbocycles. The Morgan fingerprint density at radius 2 is 1.81 bits per heavy atom. The normalized spacial score (nSPS) is 24.9. The topological polar surface area (TPSA) is 105 Å². The molecule has 26 heavy (non-hydrogen) atoms. The fourth-order valence-electron chi connectivity index (χ4n) is 2.95. The summed E-state index contributed by atoms with van der Waals surface area (Å²) in [4.78, 5) is 23.3.